The molecule has 0 aliphatic carbocycles. The number of nitrogens with one attached hydrogen (secondary N) is 2. The molecule has 162 valence electrons. The average Bonchev–Trinajstić information content (AvgIpc) is 3.18. The van der Waals surface area contributed by atoms with Crippen LogP contribution in [0.1, 0.15) is 49.2 Å². The van der Waals surface area contributed by atoms with E-state index in [1.807, 2.05) is 13.8 Å². The SMILES string of the molecule is CCCNC(=O)CN1CCC(NC(=O)c2cnn(-c3ccc(F)cc3)c2CC)CC1. The van der Waals surface area contributed by atoms with Gasteiger partial charge in [-0.2, -0.15) is 5.10 Å². The Hall–Kier alpha value is -2.74. The first-order valence-corrected chi connectivity index (χ1v) is 10.6. The Balaban J connectivity index is 1.57. The van der Waals surface area contributed by atoms with Gasteiger partial charge in [0.2, 0.25) is 5.91 Å². The van der Waals surface area contributed by atoms with Gasteiger partial charge < -0.3 is 10.6 Å². The fourth-order valence-corrected chi connectivity index (χ4v) is 3.73. The Morgan fingerprint density at radius 3 is 2.50 bits per heavy atom. The Labute approximate surface area is 176 Å². The summed E-state index contributed by atoms with van der Waals surface area (Å²) in [5.74, 6) is -0.393. The van der Waals surface area contributed by atoms with Crippen LogP contribution in [-0.4, -0.2) is 58.7 Å². The molecule has 1 aromatic heterocycles. The average molecular weight is 416 g/mol. The summed E-state index contributed by atoms with van der Waals surface area (Å²) in [6.45, 7) is 6.67. The largest absolute Gasteiger partial charge is 0.355 e. The molecule has 7 nitrogen and oxygen atoms in total. The maximum absolute atomic E-state index is 13.2. The molecule has 8 heteroatoms. The lowest BCUT2D eigenvalue weighted by Gasteiger charge is -2.31. The van der Waals surface area contributed by atoms with Crippen LogP contribution < -0.4 is 10.6 Å². The normalized spacial score (nSPS) is 15.2. The molecular formula is C22H30FN5O2. The first-order chi connectivity index (χ1) is 14.5. The fraction of sp³-hybridized carbons (Fsp3) is 0.500. The van der Waals surface area contributed by atoms with Gasteiger partial charge in [0.1, 0.15) is 5.82 Å². The molecule has 1 aliphatic heterocycles. The highest BCUT2D eigenvalue weighted by atomic mass is 19.1. The van der Waals surface area contributed by atoms with Crippen molar-refractivity contribution in [1.29, 1.82) is 0 Å². The lowest BCUT2D eigenvalue weighted by molar-refractivity contribution is -0.122. The number of aromatic nitrogens is 2. The molecule has 1 aliphatic rings. The van der Waals surface area contributed by atoms with Crippen LogP contribution in [0, 0.1) is 5.82 Å². The summed E-state index contributed by atoms with van der Waals surface area (Å²) in [5, 5.41) is 10.4. The van der Waals surface area contributed by atoms with Crippen molar-refractivity contribution in [3.8, 4) is 5.69 Å². The third kappa shape index (κ3) is 5.44. The standard InChI is InChI=1S/C22H30FN5O2/c1-3-11-24-21(29)15-27-12-9-17(10-13-27)26-22(30)19-14-25-28(20(19)4-2)18-7-5-16(23)6-8-18/h5-8,14,17H,3-4,9-13,15H2,1-2H3,(H,24,29)(H,26,30). The molecular weight excluding hydrogens is 385 g/mol. The predicted octanol–water partition coefficient (Wildman–Crippen LogP) is 2.29. The number of nitrogens with zero attached hydrogens (tertiary/aromatic N) is 3. The van der Waals surface area contributed by atoms with Crippen molar-refractivity contribution in [2.45, 2.75) is 45.6 Å². The zero-order chi connectivity index (χ0) is 21.5. The number of hydrogen-bond acceptors (Lipinski definition) is 4. The topological polar surface area (TPSA) is 79.3 Å². The molecule has 2 N–H and O–H groups in total. The van der Waals surface area contributed by atoms with E-state index in [2.05, 4.69) is 20.6 Å². The van der Waals surface area contributed by atoms with Crippen LogP contribution in [0.4, 0.5) is 4.39 Å². The number of piperidine rings is 1. The van der Waals surface area contributed by atoms with E-state index in [1.165, 1.54) is 12.1 Å². The summed E-state index contributed by atoms with van der Waals surface area (Å²) < 4.78 is 14.9. The molecule has 0 radical (unpaired) electrons. The Kier molecular flexibility index (Phi) is 7.57. The maximum atomic E-state index is 13.2. The predicted molar refractivity (Wildman–Crippen MR) is 113 cm³/mol. The van der Waals surface area contributed by atoms with Gasteiger partial charge in [0.25, 0.3) is 5.91 Å². The van der Waals surface area contributed by atoms with Crippen LogP contribution >= 0.6 is 0 Å². The van der Waals surface area contributed by atoms with Gasteiger partial charge in [0.15, 0.2) is 0 Å². The second kappa shape index (κ2) is 10.3. The fourth-order valence-electron chi connectivity index (χ4n) is 3.73. The quantitative estimate of drug-likeness (QED) is 0.693. The first-order valence-electron chi connectivity index (χ1n) is 10.6. The molecule has 0 saturated carbocycles. The number of benzene rings is 1. The number of carbonyl (C=O) groups excluding carboxylic acids is 2. The van der Waals surface area contributed by atoms with E-state index in [-0.39, 0.29) is 23.7 Å². The number of halogens is 1. The van der Waals surface area contributed by atoms with E-state index in [9.17, 15) is 14.0 Å². The summed E-state index contributed by atoms with van der Waals surface area (Å²) in [5.41, 5.74) is 2.06. The van der Waals surface area contributed by atoms with E-state index in [1.54, 1.807) is 23.0 Å². The monoisotopic (exact) mass is 415 g/mol. The molecule has 2 heterocycles. The van der Waals surface area contributed by atoms with Gasteiger partial charge in [-0.1, -0.05) is 13.8 Å². The van der Waals surface area contributed by atoms with Crippen LogP contribution in [0.2, 0.25) is 0 Å². The van der Waals surface area contributed by atoms with Gasteiger partial charge in [0.05, 0.1) is 29.7 Å². The van der Waals surface area contributed by atoms with Gasteiger partial charge in [0, 0.05) is 25.7 Å². The molecule has 1 saturated heterocycles. The minimum atomic E-state index is -0.309. The molecule has 0 atom stereocenters. The molecule has 3 rings (SSSR count). The zero-order valence-electron chi connectivity index (χ0n) is 17.7. The van der Waals surface area contributed by atoms with Crippen LogP contribution in [0.25, 0.3) is 5.69 Å². The van der Waals surface area contributed by atoms with Crippen molar-refractivity contribution < 1.29 is 14.0 Å². The van der Waals surface area contributed by atoms with Crippen LogP contribution in [0.15, 0.2) is 30.5 Å². The summed E-state index contributed by atoms with van der Waals surface area (Å²) in [4.78, 5) is 26.9. The number of amides is 2. The third-order valence-corrected chi connectivity index (χ3v) is 5.38. The first kappa shape index (κ1) is 22.0. The van der Waals surface area contributed by atoms with Crippen molar-refractivity contribution >= 4 is 11.8 Å². The van der Waals surface area contributed by atoms with E-state index < -0.39 is 0 Å². The van der Waals surface area contributed by atoms with Crippen LogP contribution in [0.3, 0.4) is 0 Å². The highest BCUT2D eigenvalue weighted by Crippen LogP contribution is 2.18. The highest BCUT2D eigenvalue weighted by Gasteiger charge is 2.24. The van der Waals surface area contributed by atoms with Crippen molar-refractivity contribution in [2.24, 2.45) is 0 Å². The Morgan fingerprint density at radius 2 is 1.87 bits per heavy atom. The van der Waals surface area contributed by atoms with Crippen molar-refractivity contribution in [2.75, 3.05) is 26.2 Å². The van der Waals surface area contributed by atoms with Crippen LogP contribution in [0.5, 0.6) is 0 Å². The molecule has 1 fully saturated rings. The molecule has 0 unspecified atom stereocenters. The lowest BCUT2D eigenvalue weighted by Crippen LogP contribution is -2.47. The number of carbonyl (C=O) groups is 2. The third-order valence-electron chi connectivity index (χ3n) is 5.38. The molecule has 0 spiro atoms. The van der Waals surface area contributed by atoms with E-state index >= 15 is 0 Å². The number of hydrogen-bond donors (Lipinski definition) is 2. The molecule has 30 heavy (non-hydrogen) atoms. The van der Waals surface area contributed by atoms with Gasteiger partial charge >= 0.3 is 0 Å². The molecule has 0 bridgehead atoms. The van der Waals surface area contributed by atoms with Gasteiger partial charge in [-0.25, -0.2) is 9.07 Å². The van der Waals surface area contributed by atoms with Gasteiger partial charge in [-0.05, 0) is 49.9 Å². The minimum absolute atomic E-state index is 0.0557. The summed E-state index contributed by atoms with van der Waals surface area (Å²) in [7, 11) is 0. The zero-order valence-corrected chi connectivity index (χ0v) is 17.7. The number of rotatable bonds is 8. The maximum Gasteiger partial charge on any atom is 0.254 e. The van der Waals surface area contributed by atoms with Gasteiger partial charge in [-0.15, -0.1) is 0 Å². The van der Waals surface area contributed by atoms with Crippen LogP contribution in [-0.2, 0) is 11.2 Å². The van der Waals surface area contributed by atoms with E-state index in [4.69, 9.17) is 0 Å². The molecule has 2 aromatic rings. The van der Waals surface area contributed by atoms with E-state index in [0.717, 1.165) is 43.7 Å². The number of likely N-dealkylation sites (tertiary alicyclic amines) is 1. The Bertz CT molecular complexity index is 857. The van der Waals surface area contributed by atoms with Crippen molar-refractivity contribution in [3.63, 3.8) is 0 Å². The minimum Gasteiger partial charge on any atom is -0.355 e. The van der Waals surface area contributed by atoms with Gasteiger partial charge in [-0.3, -0.25) is 14.5 Å². The second-order valence-corrected chi connectivity index (χ2v) is 7.62. The molecule has 1 aromatic carbocycles. The summed E-state index contributed by atoms with van der Waals surface area (Å²) in [6, 6.07) is 6.13. The summed E-state index contributed by atoms with van der Waals surface area (Å²) in [6.07, 6.45) is 4.74. The van der Waals surface area contributed by atoms with Crippen molar-refractivity contribution in [3.05, 3.63) is 47.5 Å². The second-order valence-electron chi connectivity index (χ2n) is 7.62. The highest BCUT2D eigenvalue weighted by molar-refractivity contribution is 5.95. The smallest absolute Gasteiger partial charge is 0.254 e. The lowest BCUT2D eigenvalue weighted by atomic mass is 10.0. The molecule has 2 amide bonds. The summed E-state index contributed by atoms with van der Waals surface area (Å²) >= 11 is 0. The van der Waals surface area contributed by atoms with Crippen molar-refractivity contribution in [1.82, 2.24) is 25.3 Å². The van der Waals surface area contributed by atoms with E-state index in [0.29, 0.717) is 25.1 Å². The Morgan fingerprint density at radius 1 is 1.17 bits per heavy atom.